The van der Waals surface area contributed by atoms with E-state index in [-0.39, 0.29) is 47.4 Å². The van der Waals surface area contributed by atoms with E-state index >= 15 is 0 Å². The van der Waals surface area contributed by atoms with Crippen LogP contribution in [0.3, 0.4) is 0 Å². The normalized spacial score (nSPS) is 30.7. The number of rotatable bonds is 29. The van der Waals surface area contributed by atoms with Gasteiger partial charge in [-0.05, 0) is 149 Å². The molecule has 4 aliphatic rings. The Morgan fingerprint density at radius 1 is 0.754 bits per heavy atom. The summed E-state index contributed by atoms with van der Waals surface area (Å²) in [4.78, 5) is 25.4. The third-order valence-corrected chi connectivity index (χ3v) is 17.0. The second kappa shape index (κ2) is 26.7. The zero-order chi connectivity index (χ0) is 44.1. The highest BCUT2D eigenvalue weighted by atomic mass is 32.2. The Morgan fingerprint density at radius 2 is 1.36 bits per heavy atom. The lowest BCUT2D eigenvalue weighted by Crippen LogP contribution is -2.59. The first-order valence-corrected chi connectivity index (χ1v) is 26.9. The van der Waals surface area contributed by atoms with Gasteiger partial charge in [0.15, 0.2) is 0 Å². The molecule has 9 heteroatoms. The second-order valence-electron chi connectivity index (χ2n) is 20.5. The molecular formula is C52H89NO7S. The van der Waals surface area contributed by atoms with Crippen LogP contribution in [0, 0.1) is 46.3 Å². The molecule has 0 heterocycles. The van der Waals surface area contributed by atoms with Crippen molar-refractivity contribution in [3.05, 3.63) is 36.5 Å². The molecule has 0 saturated heterocycles. The SMILES string of the molecule is CCCCCCC/C=C\C/C=C\C/C=C\CCCCCCCCCCC(=O)OC1CCC2(C)C(CCC3C2CC(O)C2(C)C(C(C)CCC(=O)NCCS(=O)(=O)O)CCC32)C1. The summed E-state index contributed by atoms with van der Waals surface area (Å²) in [6, 6.07) is 0. The molecule has 350 valence electrons. The van der Waals surface area contributed by atoms with E-state index in [1.807, 2.05) is 0 Å². The number of unbranched alkanes of at least 4 members (excludes halogenated alkanes) is 13. The predicted molar refractivity (Wildman–Crippen MR) is 251 cm³/mol. The summed E-state index contributed by atoms with van der Waals surface area (Å²) >= 11 is 0. The number of hydrogen-bond donors (Lipinski definition) is 3. The smallest absolute Gasteiger partial charge is 0.306 e. The Morgan fingerprint density at radius 3 is 2.00 bits per heavy atom. The van der Waals surface area contributed by atoms with Crippen molar-refractivity contribution in [3.63, 3.8) is 0 Å². The lowest BCUT2D eigenvalue weighted by atomic mass is 9.43. The number of carbonyl (C=O) groups excluding carboxylic acids is 2. The predicted octanol–water partition coefficient (Wildman–Crippen LogP) is 12.7. The topological polar surface area (TPSA) is 130 Å². The molecule has 0 aromatic rings. The van der Waals surface area contributed by atoms with E-state index in [4.69, 9.17) is 9.29 Å². The van der Waals surface area contributed by atoms with Crippen molar-refractivity contribution in [2.45, 2.75) is 220 Å². The fraction of sp³-hybridized carbons (Fsp3) is 0.846. The van der Waals surface area contributed by atoms with Gasteiger partial charge in [0.1, 0.15) is 6.10 Å². The van der Waals surface area contributed by atoms with Crippen LogP contribution < -0.4 is 5.32 Å². The van der Waals surface area contributed by atoms with Crippen molar-refractivity contribution in [1.29, 1.82) is 0 Å². The summed E-state index contributed by atoms with van der Waals surface area (Å²) < 4.78 is 37.1. The molecule has 10 unspecified atom stereocenters. The Hall–Kier alpha value is -1.97. The molecule has 0 spiro atoms. The minimum atomic E-state index is -4.10. The molecular weight excluding hydrogens is 783 g/mol. The number of hydrogen-bond acceptors (Lipinski definition) is 6. The van der Waals surface area contributed by atoms with Crippen LogP contribution >= 0.6 is 0 Å². The van der Waals surface area contributed by atoms with Crippen LogP contribution in [0.1, 0.15) is 207 Å². The minimum absolute atomic E-state index is 0.0169. The summed E-state index contributed by atoms with van der Waals surface area (Å²) in [6.07, 6.45) is 44.3. The molecule has 4 saturated carbocycles. The number of esters is 1. The number of ether oxygens (including phenoxy) is 1. The van der Waals surface area contributed by atoms with E-state index in [2.05, 4.69) is 69.5 Å². The molecule has 1 amide bonds. The molecule has 3 N–H and O–H groups in total. The van der Waals surface area contributed by atoms with Gasteiger partial charge in [-0.25, -0.2) is 0 Å². The summed E-state index contributed by atoms with van der Waals surface area (Å²) in [5.74, 6) is 2.00. The Labute approximate surface area is 373 Å². The number of fused-ring (bicyclic) bond motifs is 5. The lowest BCUT2D eigenvalue weighted by molar-refractivity contribution is -0.181. The monoisotopic (exact) mass is 872 g/mol. The van der Waals surface area contributed by atoms with E-state index in [9.17, 15) is 23.1 Å². The van der Waals surface area contributed by atoms with Crippen LogP contribution in [-0.4, -0.2) is 54.5 Å². The quantitative estimate of drug-likeness (QED) is 0.0295. The van der Waals surface area contributed by atoms with Crippen LogP contribution in [0.2, 0.25) is 0 Å². The molecule has 0 aromatic heterocycles. The zero-order valence-corrected chi connectivity index (χ0v) is 40.0. The fourth-order valence-electron chi connectivity index (χ4n) is 12.7. The first kappa shape index (κ1) is 51.7. The number of carbonyl (C=O) groups is 2. The first-order valence-electron chi connectivity index (χ1n) is 25.3. The van der Waals surface area contributed by atoms with E-state index in [0.717, 1.165) is 64.2 Å². The van der Waals surface area contributed by atoms with Crippen LogP contribution in [0.15, 0.2) is 36.5 Å². The molecule has 61 heavy (non-hydrogen) atoms. The Bertz CT molecular complexity index is 1490. The third-order valence-electron chi connectivity index (χ3n) is 16.3. The van der Waals surface area contributed by atoms with Gasteiger partial charge in [-0.3, -0.25) is 14.1 Å². The van der Waals surface area contributed by atoms with Gasteiger partial charge in [0.05, 0.1) is 11.9 Å². The maximum Gasteiger partial charge on any atom is 0.306 e. The van der Waals surface area contributed by atoms with Gasteiger partial charge in [-0.15, -0.1) is 0 Å². The second-order valence-corrected chi connectivity index (χ2v) is 22.0. The van der Waals surface area contributed by atoms with Crippen molar-refractivity contribution in [2.75, 3.05) is 12.3 Å². The molecule has 0 aliphatic heterocycles. The van der Waals surface area contributed by atoms with Crippen LogP contribution in [0.5, 0.6) is 0 Å². The van der Waals surface area contributed by atoms with Crippen molar-refractivity contribution in [2.24, 2.45) is 46.3 Å². The van der Waals surface area contributed by atoms with Gasteiger partial charge in [0.2, 0.25) is 5.91 Å². The maximum atomic E-state index is 12.9. The average molecular weight is 872 g/mol. The van der Waals surface area contributed by atoms with Crippen molar-refractivity contribution in [3.8, 4) is 0 Å². The molecule has 0 aromatic carbocycles. The number of amides is 1. The number of nitrogens with one attached hydrogen (secondary N) is 1. The van der Waals surface area contributed by atoms with Gasteiger partial charge < -0.3 is 15.2 Å². The molecule has 0 radical (unpaired) electrons. The largest absolute Gasteiger partial charge is 0.462 e. The fourth-order valence-corrected chi connectivity index (χ4v) is 13.1. The number of aliphatic hydroxyl groups is 1. The Kier molecular flexibility index (Phi) is 22.6. The molecule has 4 aliphatic carbocycles. The molecule has 0 bridgehead atoms. The highest BCUT2D eigenvalue weighted by Gasteiger charge is 2.63. The van der Waals surface area contributed by atoms with Gasteiger partial charge >= 0.3 is 5.97 Å². The van der Waals surface area contributed by atoms with Gasteiger partial charge in [-0.2, -0.15) is 8.42 Å². The number of allylic oxidation sites excluding steroid dienone is 6. The molecule has 4 rings (SSSR count). The van der Waals surface area contributed by atoms with Crippen LogP contribution in [0.25, 0.3) is 0 Å². The Balaban J connectivity index is 1.04. The maximum absolute atomic E-state index is 12.9. The standard InChI is InChI=1S/C52H89NO7S/c1-5-6-7-8-9-10-11-12-13-14-15-16-17-18-19-20-21-22-23-24-25-26-27-28-50(56)60-43-35-36-51(3)42(39-43)30-31-44-46-33-32-45(52(46,4)48(54)40-47(44)51)41(2)29-34-49(55)53-37-38-61(57,58)59/h11-12,14-15,17-18,41-48,54H,5-10,13,16,19-40H2,1-4H3,(H,53,55)(H,57,58,59)/b12-11-,15-14-,18-17-. The van der Waals surface area contributed by atoms with E-state index in [1.54, 1.807) is 0 Å². The summed E-state index contributed by atoms with van der Waals surface area (Å²) in [5, 5.41) is 14.6. The zero-order valence-electron chi connectivity index (χ0n) is 39.1. The van der Waals surface area contributed by atoms with E-state index in [1.165, 1.54) is 96.3 Å². The van der Waals surface area contributed by atoms with Crippen LogP contribution in [0.4, 0.5) is 0 Å². The van der Waals surface area contributed by atoms with Gasteiger partial charge in [0, 0.05) is 19.4 Å². The van der Waals surface area contributed by atoms with Crippen molar-refractivity contribution < 1.29 is 32.4 Å². The third kappa shape index (κ3) is 16.5. The lowest BCUT2D eigenvalue weighted by Gasteiger charge is -2.62. The molecule has 10 atom stereocenters. The summed E-state index contributed by atoms with van der Waals surface area (Å²) in [7, 11) is -4.10. The van der Waals surface area contributed by atoms with Gasteiger partial charge in [-0.1, -0.05) is 128 Å². The van der Waals surface area contributed by atoms with Crippen molar-refractivity contribution in [1.82, 2.24) is 5.32 Å². The van der Waals surface area contributed by atoms with Gasteiger partial charge in [0.25, 0.3) is 10.1 Å². The summed E-state index contributed by atoms with van der Waals surface area (Å²) in [5.41, 5.74) is -0.00564. The molecule has 8 nitrogen and oxygen atoms in total. The van der Waals surface area contributed by atoms with E-state index < -0.39 is 15.9 Å². The van der Waals surface area contributed by atoms with Crippen LogP contribution in [-0.2, 0) is 24.4 Å². The van der Waals surface area contributed by atoms with E-state index in [0.29, 0.717) is 48.9 Å². The highest BCUT2D eigenvalue weighted by Crippen LogP contribution is 2.68. The molecule has 4 fully saturated rings. The first-order chi connectivity index (χ1) is 29.3. The van der Waals surface area contributed by atoms with Crippen molar-refractivity contribution >= 4 is 22.0 Å². The average Bonchev–Trinajstić information content (AvgIpc) is 3.59. The highest BCUT2D eigenvalue weighted by molar-refractivity contribution is 7.85. The summed E-state index contributed by atoms with van der Waals surface area (Å²) in [6.45, 7) is 9.19. The number of aliphatic hydroxyl groups excluding tert-OH is 1. The minimum Gasteiger partial charge on any atom is -0.462 e.